The predicted octanol–water partition coefficient (Wildman–Crippen LogP) is 1.66. The van der Waals surface area contributed by atoms with Crippen LogP contribution in [0.15, 0.2) is 12.2 Å². The summed E-state index contributed by atoms with van der Waals surface area (Å²) in [6.07, 6.45) is 5.73. The van der Waals surface area contributed by atoms with Gasteiger partial charge in [-0.25, -0.2) is 0 Å². The van der Waals surface area contributed by atoms with Gasteiger partial charge in [-0.3, -0.25) is 0 Å². The van der Waals surface area contributed by atoms with Crippen LogP contribution in [0.5, 0.6) is 0 Å². The molecule has 0 spiro atoms. The van der Waals surface area contributed by atoms with Crippen molar-refractivity contribution in [3.8, 4) is 0 Å². The molecule has 0 unspecified atom stereocenters. The zero-order valence-electron chi connectivity index (χ0n) is 6.54. The SMILES string of the molecule is C=C(C)C1([SiH3])CCCC1. The van der Waals surface area contributed by atoms with Gasteiger partial charge in [-0.1, -0.05) is 25.0 Å². The van der Waals surface area contributed by atoms with Crippen molar-refractivity contribution < 1.29 is 0 Å². The molecule has 1 heteroatoms. The maximum atomic E-state index is 4.04. The third-order valence-electron chi connectivity index (χ3n) is 2.74. The molecule has 0 nitrogen and oxygen atoms in total. The average Bonchev–Trinajstić information content (AvgIpc) is 2.16. The second-order valence-corrected chi connectivity index (χ2v) is 5.46. The third-order valence-corrected chi connectivity index (χ3v) is 4.59. The number of allylic oxidation sites excluding steroid dienone is 1. The Kier molecular flexibility index (Phi) is 1.80. The van der Waals surface area contributed by atoms with Gasteiger partial charge in [-0.15, -0.1) is 0 Å². The van der Waals surface area contributed by atoms with Crippen LogP contribution in [0.3, 0.4) is 0 Å². The van der Waals surface area contributed by atoms with Gasteiger partial charge in [0.15, 0.2) is 0 Å². The maximum Gasteiger partial charge on any atom is 0.0157 e. The van der Waals surface area contributed by atoms with Crippen molar-refractivity contribution in [2.24, 2.45) is 0 Å². The molecule has 1 saturated carbocycles. The molecular weight excluding hydrogens is 124 g/mol. The number of rotatable bonds is 1. The van der Waals surface area contributed by atoms with Crippen molar-refractivity contribution >= 4 is 10.2 Å². The molecule has 0 amide bonds. The van der Waals surface area contributed by atoms with E-state index in [4.69, 9.17) is 0 Å². The number of hydrogen-bond acceptors (Lipinski definition) is 0. The Balaban J connectivity index is 2.61. The van der Waals surface area contributed by atoms with Gasteiger partial charge in [-0.2, -0.15) is 0 Å². The first kappa shape index (κ1) is 7.07. The van der Waals surface area contributed by atoms with Crippen LogP contribution in [0.25, 0.3) is 0 Å². The summed E-state index contributed by atoms with van der Waals surface area (Å²) in [5, 5.41) is 0.639. The first-order valence-corrected chi connectivity index (χ1v) is 4.81. The fraction of sp³-hybridized carbons (Fsp3) is 0.750. The minimum absolute atomic E-state index is 0.639. The quantitative estimate of drug-likeness (QED) is 0.384. The highest BCUT2D eigenvalue weighted by Gasteiger charge is 2.28. The van der Waals surface area contributed by atoms with E-state index in [0.717, 1.165) is 0 Å². The number of hydrogen-bond donors (Lipinski definition) is 0. The topological polar surface area (TPSA) is 0 Å². The molecule has 52 valence electrons. The van der Waals surface area contributed by atoms with Crippen LogP contribution in [0.2, 0.25) is 5.04 Å². The van der Waals surface area contributed by atoms with Gasteiger partial charge in [0.05, 0.1) is 0 Å². The van der Waals surface area contributed by atoms with Crippen molar-refractivity contribution in [3.63, 3.8) is 0 Å². The van der Waals surface area contributed by atoms with Gasteiger partial charge in [0.25, 0.3) is 0 Å². The molecule has 0 atom stereocenters. The standard InChI is InChI=1S/C8H16Si/c1-7(2)8(9)5-3-4-6-8/h1,3-6H2,2,9H3. The summed E-state index contributed by atoms with van der Waals surface area (Å²) < 4.78 is 0. The van der Waals surface area contributed by atoms with Gasteiger partial charge in [-0.05, 0) is 24.8 Å². The first-order chi connectivity index (χ1) is 4.15. The van der Waals surface area contributed by atoms with E-state index in [-0.39, 0.29) is 0 Å². The van der Waals surface area contributed by atoms with Gasteiger partial charge in [0.2, 0.25) is 0 Å². The Morgan fingerprint density at radius 3 is 2.11 bits per heavy atom. The van der Waals surface area contributed by atoms with Crippen molar-refractivity contribution in [3.05, 3.63) is 12.2 Å². The molecule has 1 fully saturated rings. The lowest BCUT2D eigenvalue weighted by Gasteiger charge is -2.23. The lowest BCUT2D eigenvalue weighted by atomic mass is 9.99. The van der Waals surface area contributed by atoms with E-state index >= 15 is 0 Å². The molecule has 1 aliphatic rings. The Labute approximate surface area is 60.8 Å². The van der Waals surface area contributed by atoms with Gasteiger partial charge >= 0.3 is 0 Å². The molecule has 0 aliphatic heterocycles. The van der Waals surface area contributed by atoms with E-state index in [1.54, 1.807) is 0 Å². The molecule has 0 radical (unpaired) electrons. The molecule has 9 heavy (non-hydrogen) atoms. The van der Waals surface area contributed by atoms with Crippen LogP contribution in [0, 0.1) is 0 Å². The molecule has 0 bridgehead atoms. The highest BCUT2D eigenvalue weighted by molar-refractivity contribution is 6.17. The molecule has 0 aromatic heterocycles. The Bertz CT molecular complexity index is 121. The van der Waals surface area contributed by atoms with E-state index in [1.165, 1.54) is 41.5 Å². The molecule has 0 saturated heterocycles. The molecule has 0 heterocycles. The van der Waals surface area contributed by atoms with E-state index in [0.29, 0.717) is 5.04 Å². The Morgan fingerprint density at radius 2 is 1.89 bits per heavy atom. The van der Waals surface area contributed by atoms with E-state index < -0.39 is 0 Å². The minimum Gasteiger partial charge on any atom is -0.0999 e. The summed E-state index contributed by atoms with van der Waals surface area (Å²) in [5.74, 6) is 0. The van der Waals surface area contributed by atoms with Crippen LogP contribution in [0.1, 0.15) is 32.6 Å². The fourth-order valence-electron chi connectivity index (χ4n) is 1.58. The average molecular weight is 140 g/mol. The van der Waals surface area contributed by atoms with E-state index in [1.807, 2.05) is 0 Å². The summed E-state index contributed by atoms with van der Waals surface area (Å²) in [5.41, 5.74) is 1.44. The van der Waals surface area contributed by atoms with E-state index in [9.17, 15) is 0 Å². The van der Waals surface area contributed by atoms with Gasteiger partial charge in [0, 0.05) is 10.2 Å². The normalized spacial score (nSPS) is 24.6. The summed E-state index contributed by atoms with van der Waals surface area (Å²) in [6.45, 7) is 6.24. The van der Waals surface area contributed by atoms with Crippen molar-refractivity contribution in [2.75, 3.05) is 0 Å². The van der Waals surface area contributed by atoms with Crippen molar-refractivity contribution in [1.29, 1.82) is 0 Å². The summed E-state index contributed by atoms with van der Waals surface area (Å²) in [6, 6.07) is 0. The summed E-state index contributed by atoms with van der Waals surface area (Å²) in [7, 11) is 1.32. The summed E-state index contributed by atoms with van der Waals surface area (Å²) in [4.78, 5) is 0. The predicted molar refractivity (Wildman–Crippen MR) is 45.9 cm³/mol. The van der Waals surface area contributed by atoms with Crippen molar-refractivity contribution in [2.45, 2.75) is 37.6 Å². The third kappa shape index (κ3) is 1.26. The van der Waals surface area contributed by atoms with Crippen LogP contribution in [0.4, 0.5) is 0 Å². The largest absolute Gasteiger partial charge is 0.0999 e. The van der Waals surface area contributed by atoms with Crippen LogP contribution >= 0.6 is 0 Å². The smallest absolute Gasteiger partial charge is 0.0157 e. The molecule has 0 aromatic carbocycles. The van der Waals surface area contributed by atoms with Crippen LogP contribution < -0.4 is 0 Å². The zero-order valence-corrected chi connectivity index (χ0v) is 8.54. The lowest BCUT2D eigenvalue weighted by Crippen LogP contribution is -2.07. The van der Waals surface area contributed by atoms with E-state index in [2.05, 4.69) is 13.5 Å². The summed E-state index contributed by atoms with van der Waals surface area (Å²) >= 11 is 0. The van der Waals surface area contributed by atoms with Crippen LogP contribution in [-0.4, -0.2) is 10.2 Å². The lowest BCUT2D eigenvalue weighted by molar-refractivity contribution is 0.673. The Hall–Kier alpha value is -0.0431. The molecule has 1 rings (SSSR count). The van der Waals surface area contributed by atoms with Crippen LogP contribution in [-0.2, 0) is 0 Å². The Morgan fingerprint density at radius 1 is 1.44 bits per heavy atom. The van der Waals surface area contributed by atoms with Gasteiger partial charge in [0.1, 0.15) is 0 Å². The van der Waals surface area contributed by atoms with Crippen molar-refractivity contribution in [1.82, 2.24) is 0 Å². The van der Waals surface area contributed by atoms with Gasteiger partial charge < -0.3 is 0 Å². The second kappa shape index (κ2) is 2.29. The monoisotopic (exact) mass is 140 g/mol. The molecular formula is C8H16Si. The maximum absolute atomic E-state index is 4.04. The second-order valence-electron chi connectivity index (χ2n) is 3.55. The minimum atomic E-state index is 0.639. The molecule has 1 aliphatic carbocycles. The highest BCUT2D eigenvalue weighted by Crippen LogP contribution is 2.46. The first-order valence-electron chi connectivity index (χ1n) is 3.81. The highest BCUT2D eigenvalue weighted by atomic mass is 28.1. The molecule has 0 N–H and O–H groups in total. The fourth-order valence-corrected chi connectivity index (χ4v) is 2.29. The zero-order chi connectivity index (χ0) is 6.91. The molecule has 0 aromatic rings.